The van der Waals surface area contributed by atoms with Crippen LogP contribution >= 0.6 is 23.1 Å². The largest absolute Gasteiger partial charge is 0.330 e. The zero-order valence-electron chi connectivity index (χ0n) is 13.6. The van der Waals surface area contributed by atoms with E-state index in [1.54, 1.807) is 11.8 Å². The fourth-order valence-corrected chi connectivity index (χ4v) is 3.78. The van der Waals surface area contributed by atoms with Crippen LogP contribution in [0.4, 0.5) is 10.8 Å². The second kappa shape index (κ2) is 8.20. The Balaban J connectivity index is 1.59. The molecule has 1 N–H and O–H groups in total. The molecule has 126 valence electrons. The Morgan fingerprint density at radius 2 is 2.08 bits per heavy atom. The molecule has 7 nitrogen and oxygen atoms in total. The third-order valence-corrected chi connectivity index (χ3v) is 5.42. The zero-order valence-corrected chi connectivity index (χ0v) is 15.3. The van der Waals surface area contributed by atoms with Crippen LogP contribution in [0.2, 0.25) is 0 Å². The van der Waals surface area contributed by atoms with Crippen molar-refractivity contribution >= 4 is 33.9 Å². The highest BCUT2D eigenvalue weighted by Gasteiger charge is 2.10. The summed E-state index contributed by atoms with van der Waals surface area (Å²) in [5.74, 6) is 1.56. The lowest BCUT2D eigenvalue weighted by atomic mass is 10.2. The maximum Gasteiger partial charge on any atom is 0.210 e. The number of thioether (sulfide) groups is 1. The fraction of sp³-hybridized carbons (Fsp3) is 0.400. The van der Waals surface area contributed by atoms with Crippen LogP contribution in [-0.2, 0) is 12.3 Å². The quantitative estimate of drug-likeness (QED) is 0.613. The van der Waals surface area contributed by atoms with Gasteiger partial charge in [0.2, 0.25) is 5.13 Å². The maximum absolute atomic E-state index is 4.22. The van der Waals surface area contributed by atoms with Crippen LogP contribution in [0.3, 0.4) is 0 Å². The van der Waals surface area contributed by atoms with Crippen LogP contribution < -0.4 is 5.32 Å². The van der Waals surface area contributed by atoms with Crippen molar-refractivity contribution in [2.45, 2.75) is 43.3 Å². The summed E-state index contributed by atoms with van der Waals surface area (Å²) in [5.41, 5.74) is 2.23. The number of benzene rings is 1. The maximum atomic E-state index is 4.22. The number of anilines is 2. The van der Waals surface area contributed by atoms with Gasteiger partial charge in [0.25, 0.3) is 0 Å². The van der Waals surface area contributed by atoms with Crippen LogP contribution in [-0.4, -0.2) is 30.4 Å². The molecule has 0 radical (unpaired) electrons. The van der Waals surface area contributed by atoms with Crippen molar-refractivity contribution in [3.05, 3.63) is 35.7 Å². The third-order valence-electron chi connectivity index (χ3n) is 3.45. The first-order chi connectivity index (χ1) is 11.8. The molecular weight excluding hydrogens is 342 g/mol. The number of tetrazole rings is 1. The molecule has 0 spiro atoms. The van der Waals surface area contributed by atoms with Crippen molar-refractivity contribution in [3.8, 4) is 0 Å². The van der Waals surface area contributed by atoms with E-state index < -0.39 is 0 Å². The Labute approximate surface area is 148 Å². The summed E-state index contributed by atoms with van der Waals surface area (Å²) in [5, 5.41) is 24.4. The molecule has 0 saturated heterocycles. The highest BCUT2D eigenvalue weighted by molar-refractivity contribution is 8.00. The van der Waals surface area contributed by atoms with Crippen molar-refractivity contribution in [2.75, 3.05) is 5.32 Å². The SMILES string of the molecule is CCCCn1nnnc1CSc1nnc(Nc2ccccc2C)s1. The molecule has 0 aliphatic rings. The van der Waals surface area contributed by atoms with Crippen molar-refractivity contribution in [3.63, 3.8) is 0 Å². The highest BCUT2D eigenvalue weighted by Crippen LogP contribution is 2.30. The van der Waals surface area contributed by atoms with E-state index in [1.165, 1.54) is 16.9 Å². The topological polar surface area (TPSA) is 81.4 Å². The normalized spacial score (nSPS) is 10.9. The minimum absolute atomic E-state index is 0.690. The van der Waals surface area contributed by atoms with E-state index in [2.05, 4.69) is 51.0 Å². The van der Waals surface area contributed by atoms with Gasteiger partial charge >= 0.3 is 0 Å². The van der Waals surface area contributed by atoms with Gasteiger partial charge in [-0.2, -0.15) is 0 Å². The van der Waals surface area contributed by atoms with E-state index in [9.17, 15) is 0 Å². The van der Waals surface area contributed by atoms with Crippen molar-refractivity contribution in [1.82, 2.24) is 30.4 Å². The van der Waals surface area contributed by atoms with E-state index in [0.29, 0.717) is 5.75 Å². The van der Waals surface area contributed by atoms with Gasteiger partial charge in [-0.3, -0.25) is 0 Å². The van der Waals surface area contributed by atoms with E-state index >= 15 is 0 Å². The number of hydrogen-bond acceptors (Lipinski definition) is 8. The molecule has 9 heteroatoms. The molecular formula is C15H19N7S2. The Hall–Kier alpha value is -2.00. The lowest BCUT2D eigenvalue weighted by Crippen LogP contribution is -2.04. The minimum Gasteiger partial charge on any atom is -0.330 e. The molecule has 2 heterocycles. The van der Waals surface area contributed by atoms with Gasteiger partial charge in [0.1, 0.15) is 0 Å². The molecule has 3 rings (SSSR count). The molecule has 0 saturated carbocycles. The second-order valence-electron chi connectivity index (χ2n) is 5.27. The van der Waals surface area contributed by atoms with Crippen molar-refractivity contribution in [1.29, 1.82) is 0 Å². The average molecular weight is 362 g/mol. The molecule has 0 aliphatic heterocycles. The first-order valence-corrected chi connectivity index (χ1v) is 9.60. The van der Waals surface area contributed by atoms with Crippen LogP contribution in [0.15, 0.2) is 28.6 Å². The highest BCUT2D eigenvalue weighted by atomic mass is 32.2. The van der Waals surface area contributed by atoms with Crippen molar-refractivity contribution in [2.24, 2.45) is 0 Å². The first-order valence-electron chi connectivity index (χ1n) is 7.80. The van der Waals surface area contributed by atoms with Crippen LogP contribution in [0.25, 0.3) is 0 Å². The number of nitrogens with zero attached hydrogens (tertiary/aromatic N) is 6. The van der Waals surface area contributed by atoms with Gasteiger partial charge in [0, 0.05) is 12.2 Å². The zero-order chi connectivity index (χ0) is 16.8. The molecule has 0 atom stereocenters. The van der Waals surface area contributed by atoms with Crippen LogP contribution in [0.1, 0.15) is 31.2 Å². The van der Waals surface area contributed by atoms with Gasteiger partial charge in [0.05, 0.1) is 5.75 Å². The summed E-state index contributed by atoms with van der Waals surface area (Å²) in [7, 11) is 0. The number of para-hydroxylation sites is 1. The predicted molar refractivity (Wildman–Crippen MR) is 96.7 cm³/mol. The Kier molecular flexibility index (Phi) is 5.76. The van der Waals surface area contributed by atoms with Gasteiger partial charge in [-0.25, -0.2) is 4.68 Å². The average Bonchev–Trinajstić information content (AvgIpc) is 3.22. The van der Waals surface area contributed by atoms with E-state index in [0.717, 1.165) is 40.4 Å². The number of unbranched alkanes of at least 4 members (excludes halogenated alkanes) is 1. The lowest BCUT2D eigenvalue weighted by molar-refractivity contribution is 0.540. The Bertz CT molecular complexity index is 783. The summed E-state index contributed by atoms with van der Waals surface area (Å²) in [6, 6.07) is 8.12. The number of hydrogen-bond donors (Lipinski definition) is 1. The van der Waals surface area contributed by atoms with E-state index in [4.69, 9.17) is 0 Å². The summed E-state index contributed by atoms with van der Waals surface area (Å²) >= 11 is 3.14. The van der Waals surface area contributed by atoms with Gasteiger partial charge in [-0.1, -0.05) is 54.6 Å². The summed E-state index contributed by atoms with van der Waals surface area (Å²) < 4.78 is 2.76. The number of nitrogens with one attached hydrogen (secondary N) is 1. The van der Waals surface area contributed by atoms with Gasteiger partial charge in [0.15, 0.2) is 10.2 Å². The van der Waals surface area contributed by atoms with E-state index in [-0.39, 0.29) is 0 Å². The summed E-state index contributed by atoms with van der Waals surface area (Å²) in [6.45, 7) is 5.08. The number of aryl methyl sites for hydroxylation is 2. The fourth-order valence-electron chi connectivity index (χ4n) is 2.08. The number of rotatable bonds is 8. The minimum atomic E-state index is 0.690. The van der Waals surface area contributed by atoms with Crippen LogP contribution in [0, 0.1) is 6.92 Å². The van der Waals surface area contributed by atoms with Gasteiger partial charge in [-0.15, -0.1) is 15.3 Å². The lowest BCUT2D eigenvalue weighted by Gasteiger charge is -2.04. The molecule has 0 bridgehead atoms. The molecule has 0 unspecified atom stereocenters. The molecule has 0 amide bonds. The first kappa shape index (κ1) is 16.8. The molecule has 0 fully saturated rings. The predicted octanol–water partition coefficient (Wildman–Crippen LogP) is 3.67. The molecule has 3 aromatic rings. The van der Waals surface area contributed by atoms with Crippen molar-refractivity contribution < 1.29 is 0 Å². The second-order valence-corrected chi connectivity index (χ2v) is 7.47. The molecule has 2 aromatic heterocycles. The van der Waals surface area contributed by atoms with Gasteiger partial charge < -0.3 is 5.32 Å². The van der Waals surface area contributed by atoms with E-state index in [1.807, 2.05) is 22.9 Å². The molecule has 0 aliphatic carbocycles. The smallest absolute Gasteiger partial charge is 0.210 e. The standard InChI is InChI=1S/C15H19N7S2/c1-3-4-9-22-13(17-20-21-22)10-23-15-19-18-14(24-15)16-12-8-6-5-7-11(12)2/h5-8H,3-4,9-10H2,1-2H3,(H,16,18). The Morgan fingerprint density at radius 1 is 1.21 bits per heavy atom. The molecule has 1 aromatic carbocycles. The Morgan fingerprint density at radius 3 is 2.92 bits per heavy atom. The molecule has 24 heavy (non-hydrogen) atoms. The van der Waals surface area contributed by atoms with Crippen LogP contribution in [0.5, 0.6) is 0 Å². The summed E-state index contributed by atoms with van der Waals surface area (Å²) in [6.07, 6.45) is 2.20. The van der Waals surface area contributed by atoms with Gasteiger partial charge in [-0.05, 0) is 35.4 Å². The third kappa shape index (κ3) is 4.30. The summed E-state index contributed by atoms with van der Waals surface area (Å²) in [4.78, 5) is 0. The number of aromatic nitrogens is 6. The monoisotopic (exact) mass is 361 g/mol.